The summed E-state index contributed by atoms with van der Waals surface area (Å²) in [6.45, 7) is 13.0. The zero-order valence-electron chi connectivity index (χ0n) is 29.4. The van der Waals surface area contributed by atoms with Crippen LogP contribution < -0.4 is 9.80 Å². The van der Waals surface area contributed by atoms with E-state index >= 15 is 0 Å². The Morgan fingerprint density at radius 2 is 0.729 bits per heavy atom. The Bertz CT molecular complexity index is 1830. The maximum absolute atomic E-state index is 2.35. The van der Waals surface area contributed by atoms with Crippen LogP contribution in [0.5, 0.6) is 0 Å². The molecule has 0 bridgehead atoms. The highest BCUT2D eigenvalue weighted by atomic mass is 15.1. The Hall–Kier alpha value is -5.08. The second-order valence-electron chi connectivity index (χ2n) is 13.4. The van der Waals surface area contributed by atoms with E-state index in [1.54, 1.807) is 0 Å². The topological polar surface area (TPSA) is 6.48 Å². The van der Waals surface area contributed by atoms with Crippen molar-refractivity contribution in [1.29, 1.82) is 0 Å². The van der Waals surface area contributed by atoms with Gasteiger partial charge in [0.2, 0.25) is 0 Å². The lowest BCUT2D eigenvalue weighted by Crippen LogP contribution is -2.13. The third kappa shape index (κ3) is 7.55. The third-order valence-corrected chi connectivity index (χ3v) is 9.61. The Morgan fingerprint density at radius 3 is 1.04 bits per heavy atom. The first-order valence-electron chi connectivity index (χ1n) is 17.4. The first-order chi connectivity index (χ1) is 23.3. The number of hydrogen-bond donors (Lipinski definition) is 0. The summed E-state index contributed by atoms with van der Waals surface area (Å²) in [6, 6.07) is 50.9. The molecule has 242 valence electrons. The van der Waals surface area contributed by atoms with Gasteiger partial charge in [0.05, 0.1) is 0 Å². The van der Waals surface area contributed by atoms with Gasteiger partial charge in [-0.2, -0.15) is 0 Å². The molecule has 1 unspecified atom stereocenters. The molecule has 6 aromatic rings. The number of nitrogens with zero attached hydrogens (tertiary/aromatic N) is 2. The fourth-order valence-electron chi connectivity index (χ4n) is 6.18. The number of anilines is 6. The quantitative estimate of drug-likeness (QED) is 0.165. The Balaban J connectivity index is 0.000000168. The smallest absolute Gasteiger partial charge is 0.0464 e. The molecule has 0 spiro atoms. The molecule has 2 nitrogen and oxygen atoms in total. The summed E-state index contributed by atoms with van der Waals surface area (Å²) in [5, 5.41) is 0. The van der Waals surface area contributed by atoms with Crippen molar-refractivity contribution in [3.63, 3.8) is 0 Å². The van der Waals surface area contributed by atoms with Crippen LogP contribution in [0.2, 0.25) is 0 Å². The van der Waals surface area contributed by atoms with Gasteiger partial charge < -0.3 is 9.80 Å². The molecule has 2 heteroatoms. The fourth-order valence-corrected chi connectivity index (χ4v) is 6.18. The van der Waals surface area contributed by atoms with Crippen molar-refractivity contribution >= 4 is 34.1 Å². The summed E-state index contributed by atoms with van der Waals surface area (Å²) in [5.41, 5.74) is 16.8. The minimum absolute atomic E-state index is 0.598. The van der Waals surface area contributed by atoms with Crippen molar-refractivity contribution in [2.75, 3.05) is 9.80 Å². The van der Waals surface area contributed by atoms with Crippen LogP contribution in [-0.4, -0.2) is 0 Å². The zero-order valence-corrected chi connectivity index (χ0v) is 29.4. The molecule has 0 saturated carbocycles. The Morgan fingerprint density at radius 1 is 0.417 bits per heavy atom. The molecule has 0 N–H and O–H groups in total. The minimum Gasteiger partial charge on any atom is -0.311 e. The molecule has 1 atom stereocenters. The number of rotatable bonds is 8. The molecule has 0 saturated heterocycles. The van der Waals surface area contributed by atoms with Crippen molar-refractivity contribution in [3.8, 4) is 0 Å². The molecule has 0 aromatic heterocycles. The second kappa shape index (κ2) is 14.8. The van der Waals surface area contributed by atoms with E-state index < -0.39 is 0 Å². The number of hydrogen-bond acceptors (Lipinski definition) is 2. The van der Waals surface area contributed by atoms with Gasteiger partial charge in [-0.25, -0.2) is 0 Å². The molecule has 0 aliphatic heterocycles. The Kier molecular flexibility index (Phi) is 10.1. The van der Waals surface area contributed by atoms with Gasteiger partial charge in [0.1, 0.15) is 0 Å². The van der Waals surface area contributed by atoms with Crippen LogP contribution in [0.3, 0.4) is 0 Å². The van der Waals surface area contributed by atoms with Crippen LogP contribution >= 0.6 is 0 Å². The summed E-state index contributed by atoms with van der Waals surface area (Å²) in [7, 11) is 0. The maximum atomic E-state index is 2.35. The number of benzene rings is 6. The standard InChI is InChI=1S/C24H27N.C22H21N/c1-5-20(4)21-10-16-24(17-11-21)25(22-12-6-18(2)7-13-22)23-14-8-19(3)9-15-23;1-16-3-10-20(11-4-16)23(21-12-5-17(2)6-13-21)22-14-9-18-7-8-19(18)15-22/h6-17,20H,5H2,1-4H3;3-6,9-15H,7-8H2,1-2H3. The van der Waals surface area contributed by atoms with E-state index in [1.807, 2.05) is 0 Å². The lowest BCUT2D eigenvalue weighted by Gasteiger charge is -2.28. The van der Waals surface area contributed by atoms with Gasteiger partial charge in [-0.3, -0.25) is 0 Å². The van der Waals surface area contributed by atoms with Crippen molar-refractivity contribution in [1.82, 2.24) is 0 Å². The monoisotopic (exact) mass is 628 g/mol. The summed E-state index contributed by atoms with van der Waals surface area (Å²) in [6.07, 6.45) is 3.60. The van der Waals surface area contributed by atoms with Crippen LogP contribution in [0.15, 0.2) is 140 Å². The van der Waals surface area contributed by atoms with Gasteiger partial charge in [0.25, 0.3) is 0 Å². The van der Waals surface area contributed by atoms with Gasteiger partial charge >= 0.3 is 0 Å². The molecule has 7 rings (SSSR count). The van der Waals surface area contributed by atoms with Crippen LogP contribution in [0.4, 0.5) is 34.1 Å². The average Bonchev–Trinajstić information content (AvgIpc) is 3.10. The van der Waals surface area contributed by atoms with Crippen LogP contribution in [-0.2, 0) is 12.8 Å². The van der Waals surface area contributed by atoms with E-state index in [4.69, 9.17) is 0 Å². The van der Waals surface area contributed by atoms with Crippen LogP contribution in [0.25, 0.3) is 0 Å². The molecule has 0 amide bonds. The van der Waals surface area contributed by atoms with Crippen molar-refractivity contribution < 1.29 is 0 Å². The summed E-state index contributed by atoms with van der Waals surface area (Å²) in [5.74, 6) is 0.598. The van der Waals surface area contributed by atoms with Crippen molar-refractivity contribution in [2.45, 2.75) is 66.7 Å². The lowest BCUT2D eigenvalue weighted by atomic mass is 9.88. The molecule has 1 aliphatic rings. The van der Waals surface area contributed by atoms with Crippen LogP contribution in [0, 0.1) is 27.7 Å². The van der Waals surface area contributed by atoms with E-state index in [0.29, 0.717) is 5.92 Å². The van der Waals surface area contributed by atoms with Crippen molar-refractivity contribution in [3.05, 3.63) is 178 Å². The van der Waals surface area contributed by atoms with Gasteiger partial charge in [-0.15, -0.1) is 0 Å². The normalized spacial score (nSPS) is 12.2. The molecular weight excluding hydrogens is 581 g/mol. The Labute approximate surface area is 288 Å². The number of fused-ring (bicyclic) bond motifs is 1. The highest BCUT2D eigenvalue weighted by Crippen LogP contribution is 2.38. The van der Waals surface area contributed by atoms with Crippen LogP contribution in [0.1, 0.15) is 65.1 Å². The summed E-state index contributed by atoms with van der Waals surface area (Å²) >= 11 is 0. The SMILES string of the molecule is CCC(C)c1ccc(N(c2ccc(C)cc2)c2ccc(C)cc2)cc1.Cc1ccc(N(c2ccc(C)cc2)c2ccc3c(c2)CC3)cc1. The predicted molar refractivity (Wildman–Crippen MR) is 207 cm³/mol. The summed E-state index contributed by atoms with van der Waals surface area (Å²) in [4.78, 5) is 4.66. The fraction of sp³-hybridized carbons (Fsp3) is 0.217. The van der Waals surface area contributed by atoms with E-state index in [0.717, 1.165) is 0 Å². The molecule has 6 aromatic carbocycles. The average molecular weight is 629 g/mol. The van der Waals surface area contributed by atoms with E-state index in [-0.39, 0.29) is 0 Å². The highest BCUT2D eigenvalue weighted by Gasteiger charge is 2.18. The molecule has 0 fully saturated rings. The first-order valence-corrected chi connectivity index (χ1v) is 17.4. The van der Waals surface area contributed by atoms with E-state index in [2.05, 4.69) is 191 Å². The largest absolute Gasteiger partial charge is 0.311 e. The molecule has 48 heavy (non-hydrogen) atoms. The van der Waals surface area contributed by atoms with Gasteiger partial charge in [0.15, 0.2) is 0 Å². The van der Waals surface area contributed by atoms with E-state index in [1.165, 1.54) is 92.3 Å². The molecular formula is C46H48N2. The molecule has 0 radical (unpaired) electrons. The first kappa shape index (κ1) is 32.8. The minimum atomic E-state index is 0.598. The van der Waals surface area contributed by atoms with Crippen molar-refractivity contribution in [2.24, 2.45) is 0 Å². The zero-order chi connectivity index (χ0) is 33.6. The number of aryl methyl sites for hydroxylation is 6. The van der Waals surface area contributed by atoms with Gasteiger partial charge in [0, 0.05) is 34.1 Å². The third-order valence-electron chi connectivity index (χ3n) is 9.61. The predicted octanol–water partition coefficient (Wildman–Crippen LogP) is 13.2. The maximum Gasteiger partial charge on any atom is 0.0464 e. The molecule has 1 aliphatic carbocycles. The second-order valence-corrected chi connectivity index (χ2v) is 13.4. The summed E-state index contributed by atoms with van der Waals surface area (Å²) < 4.78 is 0. The highest BCUT2D eigenvalue weighted by molar-refractivity contribution is 5.78. The lowest BCUT2D eigenvalue weighted by molar-refractivity contribution is 0.733. The van der Waals surface area contributed by atoms with Gasteiger partial charge in [-0.05, 0) is 142 Å². The van der Waals surface area contributed by atoms with Gasteiger partial charge in [-0.1, -0.05) is 103 Å². The van der Waals surface area contributed by atoms with E-state index in [9.17, 15) is 0 Å². The molecule has 0 heterocycles.